The highest BCUT2D eigenvalue weighted by Gasteiger charge is 2.31. The largest absolute Gasteiger partial charge is 0.444 e. The quantitative estimate of drug-likeness (QED) is 0.725. The Morgan fingerprint density at radius 1 is 1.33 bits per heavy atom. The second-order valence-electron chi connectivity index (χ2n) is 5.77. The number of hydrogen-bond acceptors (Lipinski definition) is 4. The first-order valence-corrected chi connectivity index (χ1v) is 7.46. The van der Waals surface area contributed by atoms with E-state index in [1.807, 2.05) is 6.07 Å². The van der Waals surface area contributed by atoms with Crippen LogP contribution in [0.5, 0.6) is 0 Å². The second-order valence-corrected chi connectivity index (χ2v) is 6.58. The van der Waals surface area contributed by atoms with Crippen LogP contribution < -0.4 is 4.90 Å². The smallest absolute Gasteiger partial charge is 0.410 e. The lowest BCUT2D eigenvalue weighted by molar-refractivity contribution is -0.121. The Balaban J connectivity index is 2.03. The molecule has 2 rings (SSSR count). The van der Waals surface area contributed by atoms with Crippen LogP contribution in [-0.4, -0.2) is 47.1 Å². The lowest BCUT2D eigenvalue weighted by Crippen LogP contribution is -2.53. The molecule has 0 N–H and O–H groups in total. The van der Waals surface area contributed by atoms with Crippen LogP contribution in [0, 0.1) is 0 Å². The Labute approximate surface area is 132 Å². The molecule has 1 aromatic heterocycles. The van der Waals surface area contributed by atoms with Crippen molar-refractivity contribution in [1.29, 1.82) is 0 Å². The van der Waals surface area contributed by atoms with E-state index in [9.17, 15) is 9.59 Å². The van der Waals surface area contributed by atoms with Crippen LogP contribution in [0.15, 0.2) is 22.8 Å². The highest BCUT2D eigenvalue weighted by atomic mass is 79.9. The van der Waals surface area contributed by atoms with Crippen LogP contribution in [0.1, 0.15) is 20.8 Å². The normalized spacial score (nSPS) is 16.1. The molecule has 0 bridgehead atoms. The zero-order chi connectivity index (χ0) is 15.6. The number of ether oxygens (including phenoxy) is 1. The van der Waals surface area contributed by atoms with E-state index in [4.69, 9.17) is 4.74 Å². The first kappa shape index (κ1) is 15.8. The molecule has 0 aromatic carbocycles. The molecule has 1 aliphatic heterocycles. The fourth-order valence-corrected chi connectivity index (χ4v) is 2.28. The maximum absolute atomic E-state index is 12.2. The average molecular weight is 356 g/mol. The summed E-state index contributed by atoms with van der Waals surface area (Å²) in [5.74, 6) is 0.413. The lowest BCUT2D eigenvalue weighted by atomic mass is 10.2. The number of amides is 2. The fraction of sp³-hybridized carbons (Fsp3) is 0.500. The summed E-state index contributed by atoms with van der Waals surface area (Å²) in [6.07, 6.45) is -0.460. The Bertz CT molecular complexity index is 557. The first-order chi connectivity index (χ1) is 9.76. The number of rotatable bonds is 1. The predicted molar refractivity (Wildman–Crippen MR) is 82.1 cm³/mol. The number of halogens is 1. The maximum Gasteiger partial charge on any atom is 0.410 e. The van der Waals surface area contributed by atoms with Crippen LogP contribution in [0.4, 0.5) is 10.6 Å². The second kappa shape index (κ2) is 6.01. The van der Waals surface area contributed by atoms with Gasteiger partial charge in [0, 0.05) is 13.1 Å². The molecule has 0 spiro atoms. The van der Waals surface area contributed by atoms with Crippen LogP contribution in [0.3, 0.4) is 0 Å². The Kier molecular flexibility index (Phi) is 4.51. The van der Waals surface area contributed by atoms with Crippen LogP contribution in [-0.2, 0) is 9.53 Å². The van der Waals surface area contributed by atoms with E-state index in [0.29, 0.717) is 23.5 Å². The molecule has 21 heavy (non-hydrogen) atoms. The minimum atomic E-state index is -0.566. The minimum Gasteiger partial charge on any atom is -0.444 e. The molecule has 2 heterocycles. The van der Waals surface area contributed by atoms with E-state index in [1.54, 1.807) is 37.8 Å². The van der Waals surface area contributed by atoms with E-state index in [-0.39, 0.29) is 12.5 Å². The Morgan fingerprint density at radius 3 is 2.62 bits per heavy atom. The van der Waals surface area contributed by atoms with Crippen molar-refractivity contribution in [2.75, 3.05) is 24.5 Å². The summed E-state index contributed by atoms with van der Waals surface area (Å²) in [4.78, 5) is 31.4. The van der Waals surface area contributed by atoms with E-state index >= 15 is 0 Å². The summed E-state index contributed by atoms with van der Waals surface area (Å²) in [5.41, 5.74) is -0.566. The van der Waals surface area contributed by atoms with Gasteiger partial charge in [-0.3, -0.25) is 14.6 Å². The number of anilines is 1. The molecule has 0 atom stereocenters. The molecule has 114 valence electrons. The molecule has 0 radical (unpaired) electrons. The molecule has 1 fully saturated rings. The molecule has 0 unspecified atom stereocenters. The van der Waals surface area contributed by atoms with Crippen molar-refractivity contribution in [2.45, 2.75) is 26.4 Å². The van der Waals surface area contributed by atoms with Gasteiger partial charge in [-0.15, -0.1) is 0 Å². The van der Waals surface area contributed by atoms with E-state index < -0.39 is 11.7 Å². The first-order valence-electron chi connectivity index (χ1n) is 6.67. The van der Waals surface area contributed by atoms with Gasteiger partial charge in [-0.05, 0) is 48.8 Å². The van der Waals surface area contributed by atoms with Crippen LogP contribution in [0.2, 0.25) is 0 Å². The van der Waals surface area contributed by atoms with E-state index in [2.05, 4.69) is 20.9 Å². The number of carbonyl (C=O) groups excluding carboxylic acids is 2. The van der Waals surface area contributed by atoms with Crippen molar-refractivity contribution >= 4 is 33.7 Å². The number of nitrogens with zero attached hydrogens (tertiary/aromatic N) is 3. The number of pyridine rings is 1. The Morgan fingerprint density at radius 2 is 2.05 bits per heavy atom. The van der Waals surface area contributed by atoms with E-state index in [0.717, 1.165) is 0 Å². The topological polar surface area (TPSA) is 62.7 Å². The average Bonchev–Trinajstić information content (AvgIpc) is 2.36. The Hall–Kier alpha value is -1.63. The number of aromatic nitrogens is 1. The third-order valence-electron chi connectivity index (χ3n) is 2.85. The molecule has 2 amide bonds. The summed E-state index contributed by atoms with van der Waals surface area (Å²) in [6, 6.07) is 5.39. The molecular weight excluding hydrogens is 338 g/mol. The molecule has 1 aliphatic rings. The van der Waals surface area contributed by atoms with Crippen LogP contribution in [0.25, 0.3) is 0 Å². The molecule has 7 heteroatoms. The molecule has 0 aliphatic carbocycles. The van der Waals surface area contributed by atoms with Gasteiger partial charge in [0.15, 0.2) is 0 Å². The highest BCUT2D eigenvalue weighted by Crippen LogP contribution is 2.18. The summed E-state index contributed by atoms with van der Waals surface area (Å²) < 4.78 is 5.95. The van der Waals surface area contributed by atoms with Crippen molar-refractivity contribution in [1.82, 2.24) is 9.88 Å². The summed E-state index contributed by atoms with van der Waals surface area (Å²) in [5, 5.41) is 0. The minimum absolute atomic E-state index is 0.00308. The number of piperazine rings is 1. The SMILES string of the molecule is CC(C)(C)OC(=O)N1CCN(c2cccc(Br)n2)C(=O)C1. The number of carbonyl (C=O) groups is 2. The molecule has 1 aromatic rings. The van der Waals surface area contributed by atoms with Crippen molar-refractivity contribution < 1.29 is 14.3 Å². The van der Waals surface area contributed by atoms with Gasteiger partial charge in [-0.25, -0.2) is 9.78 Å². The lowest BCUT2D eigenvalue weighted by Gasteiger charge is -2.34. The highest BCUT2D eigenvalue weighted by molar-refractivity contribution is 9.10. The molecule has 1 saturated heterocycles. The van der Waals surface area contributed by atoms with Gasteiger partial charge < -0.3 is 4.74 Å². The third kappa shape index (κ3) is 4.17. The van der Waals surface area contributed by atoms with Crippen molar-refractivity contribution in [3.05, 3.63) is 22.8 Å². The van der Waals surface area contributed by atoms with Crippen molar-refractivity contribution in [3.8, 4) is 0 Å². The van der Waals surface area contributed by atoms with Crippen molar-refractivity contribution in [3.63, 3.8) is 0 Å². The van der Waals surface area contributed by atoms with E-state index in [1.165, 1.54) is 4.90 Å². The van der Waals surface area contributed by atoms with Gasteiger partial charge >= 0.3 is 6.09 Å². The molecule has 6 nitrogen and oxygen atoms in total. The van der Waals surface area contributed by atoms with Gasteiger partial charge in [-0.1, -0.05) is 6.07 Å². The van der Waals surface area contributed by atoms with Gasteiger partial charge in [0.2, 0.25) is 5.91 Å². The van der Waals surface area contributed by atoms with Gasteiger partial charge in [-0.2, -0.15) is 0 Å². The predicted octanol–water partition coefficient (Wildman–Crippen LogP) is 2.43. The fourth-order valence-electron chi connectivity index (χ4n) is 1.95. The zero-order valence-corrected chi connectivity index (χ0v) is 13.9. The van der Waals surface area contributed by atoms with Gasteiger partial charge in [0.25, 0.3) is 0 Å². The summed E-state index contributed by atoms with van der Waals surface area (Å²) >= 11 is 3.28. The monoisotopic (exact) mass is 355 g/mol. The summed E-state index contributed by atoms with van der Waals surface area (Å²) in [7, 11) is 0. The van der Waals surface area contributed by atoms with Gasteiger partial charge in [0.05, 0.1) is 0 Å². The molecule has 0 saturated carbocycles. The van der Waals surface area contributed by atoms with Crippen LogP contribution >= 0.6 is 15.9 Å². The molecular formula is C14H18BrN3O3. The number of hydrogen-bond donors (Lipinski definition) is 0. The maximum atomic E-state index is 12.2. The zero-order valence-electron chi connectivity index (χ0n) is 12.3. The summed E-state index contributed by atoms with van der Waals surface area (Å²) in [6.45, 7) is 6.23. The third-order valence-corrected chi connectivity index (χ3v) is 3.29. The van der Waals surface area contributed by atoms with Gasteiger partial charge in [0.1, 0.15) is 22.6 Å². The standard InChI is InChI=1S/C14H18BrN3O3/c1-14(2,3)21-13(20)17-7-8-18(12(19)9-17)11-6-4-5-10(15)16-11/h4-6H,7-9H2,1-3H3. The van der Waals surface area contributed by atoms with Crippen molar-refractivity contribution in [2.24, 2.45) is 0 Å².